The van der Waals surface area contributed by atoms with E-state index in [1.807, 2.05) is 12.1 Å². The molecule has 14 heavy (non-hydrogen) atoms. The van der Waals surface area contributed by atoms with E-state index in [1.165, 1.54) is 11.3 Å². The van der Waals surface area contributed by atoms with E-state index in [4.69, 9.17) is 5.73 Å². The fraction of sp³-hybridized carbons (Fsp3) is 0. The van der Waals surface area contributed by atoms with Crippen LogP contribution in [0.25, 0.3) is 10.4 Å². The number of hydrogen-bond donors (Lipinski definition) is 2. The topological polar surface area (TPSA) is 59.1 Å². The first-order chi connectivity index (χ1) is 6.66. The molecule has 1 heterocycles. The maximum Gasteiger partial charge on any atom is 0.180 e. The number of nitrogen functional groups attached to an aromatic ring is 1. The highest BCUT2D eigenvalue weighted by molar-refractivity contribution is 9.10. The van der Waals surface area contributed by atoms with Crippen molar-refractivity contribution in [1.82, 2.24) is 4.98 Å². The number of benzene rings is 1. The molecule has 2 rings (SSSR count). The summed E-state index contributed by atoms with van der Waals surface area (Å²) in [6, 6.07) is 5.34. The molecule has 1 aromatic heterocycles. The van der Waals surface area contributed by atoms with Gasteiger partial charge in [0.15, 0.2) is 5.13 Å². The molecule has 0 atom stereocenters. The number of halogens is 1. The Labute approximate surface area is 93.4 Å². The SMILES string of the molecule is Nc1ncc(-c2ccc(Br)cc2O)s1. The second-order valence-corrected chi connectivity index (χ2v) is 4.70. The molecular formula is C9H7BrN2OS. The largest absolute Gasteiger partial charge is 0.507 e. The van der Waals surface area contributed by atoms with Gasteiger partial charge in [0.1, 0.15) is 5.75 Å². The van der Waals surface area contributed by atoms with Crippen LogP contribution in [0.15, 0.2) is 28.9 Å². The molecule has 0 unspecified atom stereocenters. The molecule has 5 heteroatoms. The summed E-state index contributed by atoms with van der Waals surface area (Å²) in [5.74, 6) is 0.225. The maximum atomic E-state index is 9.66. The number of anilines is 1. The predicted octanol–water partition coefficient (Wildman–Crippen LogP) is 2.86. The van der Waals surface area contributed by atoms with E-state index < -0.39 is 0 Å². The molecule has 0 aliphatic carbocycles. The highest BCUT2D eigenvalue weighted by atomic mass is 79.9. The van der Waals surface area contributed by atoms with Crippen molar-refractivity contribution in [2.24, 2.45) is 0 Å². The van der Waals surface area contributed by atoms with Gasteiger partial charge in [0, 0.05) is 16.2 Å². The Morgan fingerprint density at radius 2 is 2.21 bits per heavy atom. The van der Waals surface area contributed by atoms with Gasteiger partial charge in [-0.2, -0.15) is 0 Å². The van der Waals surface area contributed by atoms with Crippen molar-refractivity contribution in [3.05, 3.63) is 28.9 Å². The summed E-state index contributed by atoms with van der Waals surface area (Å²) >= 11 is 4.63. The minimum absolute atomic E-state index is 0.225. The van der Waals surface area contributed by atoms with E-state index in [1.54, 1.807) is 12.3 Å². The summed E-state index contributed by atoms with van der Waals surface area (Å²) in [7, 11) is 0. The van der Waals surface area contributed by atoms with Crippen LogP contribution in [0.5, 0.6) is 5.75 Å². The molecule has 0 spiro atoms. The number of nitrogens with zero attached hydrogens (tertiary/aromatic N) is 1. The number of phenols is 1. The first-order valence-corrected chi connectivity index (χ1v) is 5.48. The lowest BCUT2D eigenvalue weighted by molar-refractivity contribution is 0.477. The molecule has 0 radical (unpaired) electrons. The molecule has 72 valence electrons. The molecule has 0 saturated heterocycles. The number of rotatable bonds is 1. The molecule has 2 aromatic rings. The molecule has 0 fully saturated rings. The summed E-state index contributed by atoms with van der Waals surface area (Å²) < 4.78 is 0.844. The Kier molecular flexibility index (Phi) is 2.43. The van der Waals surface area contributed by atoms with Gasteiger partial charge in [-0.1, -0.05) is 27.3 Å². The van der Waals surface area contributed by atoms with Gasteiger partial charge in [-0.25, -0.2) is 4.98 Å². The zero-order valence-electron chi connectivity index (χ0n) is 7.07. The number of hydrogen-bond acceptors (Lipinski definition) is 4. The smallest absolute Gasteiger partial charge is 0.180 e. The van der Waals surface area contributed by atoms with Crippen molar-refractivity contribution < 1.29 is 5.11 Å². The van der Waals surface area contributed by atoms with Crippen molar-refractivity contribution in [2.45, 2.75) is 0 Å². The van der Waals surface area contributed by atoms with E-state index in [-0.39, 0.29) is 5.75 Å². The third-order valence-corrected chi connectivity index (χ3v) is 3.10. The second kappa shape index (κ2) is 3.59. The normalized spacial score (nSPS) is 10.4. The lowest BCUT2D eigenvalue weighted by Crippen LogP contribution is -1.77. The molecule has 0 bridgehead atoms. The molecule has 0 aliphatic heterocycles. The first kappa shape index (κ1) is 9.48. The van der Waals surface area contributed by atoms with E-state index >= 15 is 0 Å². The number of phenolic OH excluding ortho intramolecular Hbond substituents is 1. The molecule has 0 aliphatic rings. The van der Waals surface area contributed by atoms with E-state index in [0.717, 1.165) is 14.9 Å². The van der Waals surface area contributed by atoms with Gasteiger partial charge in [0.25, 0.3) is 0 Å². The van der Waals surface area contributed by atoms with Gasteiger partial charge < -0.3 is 10.8 Å². The summed E-state index contributed by atoms with van der Waals surface area (Å²) in [5.41, 5.74) is 6.26. The highest BCUT2D eigenvalue weighted by Gasteiger charge is 2.07. The first-order valence-electron chi connectivity index (χ1n) is 3.87. The van der Waals surface area contributed by atoms with Crippen LogP contribution in [0.4, 0.5) is 5.13 Å². The molecule has 3 nitrogen and oxygen atoms in total. The minimum atomic E-state index is 0.225. The van der Waals surface area contributed by atoms with E-state index in [2.05, 4.69) is 20.9 Å². The van der Waals surface area contributed by atoms with Crippen LogP contribution in [0.2, 0.25) is 0 Å². The van der Waals surface area contributed by atoms with Gasteiger partial charge in [-0.3, -0.25) is 0 Å². The molecule has 0 saturated carbocycles. The van der Waals surface area contributed by atoms with Crippen LogP contribution in [-0.4, -0.2) is 10.1 Å². The molecule has 3 N–H and O–H groups in total. The van der Waals surface area contributed by atoms with Crippen LogP contribution < -0.4 is 5.73 Å². The van der Waals surface area contributed by atoms with E-state index in [9.17, 15) is 5.11 Å². The molecule has 1 aromatic carbocycles. The van der Waals surface area contributed by atoms with Crippen molar-refractivity contribution >= 4 is 32.4 Å². The van der Waals surface area contributed by atoms with Gasteiger partial charge >= 0.3 is 0 Å². The van der Waals surface area contributed by atoms with Gasteiger partial charge in [0.2, 0.25) is 0 Å². The van der Waals surface area contributed by atoms with Crippen LogP contribution in [0.1, 0.15) is 0 Å². The number of aromatic hydroxyl groups is 1. The van der Waals surface area contributed by atoms with Crippen molar-refractivity contribution in [3.63, 3.8) is 0 Å². The quantitative estimate of drug-likeness (QED) is 0.838. The maximum absolute atomic E-state index is 9.66. The summed E-state index contributed by atoms with van der Waals surface area (Å²) in [4.78, 5) is 4.80. The summed E-state index contributed by atoms with van der Waals surface area (Å²) in [6.45, 7) is 0. The minimum Gasteiger partial charge on any atom is -0.507 e. The number of thiazole rings is 1. The molecular weight excluding hydrogens is 264 g/mol. The fourth-order valence-corrected chi connectivity index (χ4v) is 2.19. The lowest BCUT2D eigenvalue weighted by atomic mass is 10.2. The monoisotopic (exact) mass is 270 g/mol. The standard InChI is InChI=1S/C9H7BrN2OS/c10-5-1-2-6(7(13)3-5)8-4-12-9(11)14-8/h1-4,13H,(H2,11,12). The van der Waals surface area contributed by atoms with Gasteiger partial charge in [0.05, 0.1) is 4.88 Å². The van der Waals surface area contributed by atoms with Crippen LogP contribution >= 0.6 is 27.3 Å². The third kappa shape index (κ3) is 1.73. The van der Waals surface area contributed by atoms with Crippen molar-refractivity contribution in [3.8, 4) is 16.2 Å². The number of nitrogens with two attached hydrogens (primary N) is 1. The third-order valence-electron chi connectivity index (χ3n) is 1.75. The average Bonchev–Trinajstić information content (AvgIpc) is 2.51. The average molecular weight is 271 g/mol. The Morgan fingerprint density at radius 3 is 2.79 bits per heavy atom. The Balaban J connectivity index is 2.52. The summed E-state index contributed by atoms with van der Waals surface area (Å²) in [6.07, 6.45) is 1.66. The van der Waals surface area contributed by atoms with Crippen LogP contribution in [-0.2, 0) is 0 Å². The molecule has 0 amide bonds. The number of aromatic nitrogens is 1. The van der Waals surface area contributed by atoms with Gasteiger partial charge in [-0.15, -0.1) is 0 Å². The zero-order chi connectivity index (χ0) is 10.1. The van der Waals surface area contributed by atoms with E-state index in [0.29, 0.717) is 5.13 Å². The van der Waals surface area contributed by atoms with Crippen molar-refractivity contribution in [1.29, 1.82) is 0 Å². The Bertz CT molecular complexity index is 470. The zero-order valence-corrected chi connectivity index (χ0v) is 9.47. The fourth-order valence-electron chi connectivity index (χ4n) is 1.13. The van der Waals surface area contributed by atoms with Gasteiger partial charge in [-0.05, 0) is 18.2 Å². The lowest BCUT2D eigenvalue weighted by Gasteiger charge is -2.00. The Hall–Kier alpha value is -1.07. The summed E-state index contributed by atoms with van der Waals surface area (Å²) in [5, 5.41) is 10.2. The second-order valence-electron chi connectivity index (χ2n) is 2.72. The Morgan fingerprint density at radius 1 is 1.43 bits per heavy atom. The van der Waals surface area contributed by atoms with Crippen molar-refractivity contribution in [2.75, 3.05) is 5.73 Å². The van der Waals surface area contributed by atoms with Crippen LogP contribution in [0.3, 0.4) is 0 Å². The van der Waals surface area contributed by atoms with Crippen LogP contribution in [0, 0.1) is 0 Å². The predicted molar refractivity (Wildman–Crippen MR) is 61.3 cm³/mol. The highest BCUT2D eigenvalue weighted by Crippen LogP contribution is 2.35.